The van der Waals surface area contributed by atoms with Gasteiger partial charge in [-0.3, -0.25) is 0 Å². The van der Waals surface area contributed by atoms with Gasteiger partial charge in [-0.15, -0.1) is 0 Å². The van der Waals surface area contributed by atoms with Gasteiger partial charge in [0, 0.05) is 21.6 Å². The minimum Gasteiger partial charge on any atom is -0.478 e. The van der Waals surface area contributed by atoms with Crippen LogP contribution in [0.5, 0.6) is 5.75 Å². The van der Waals surface area contributed by atoms with E-state index in [9.17, 15) is 22.7 Å². The number of carbonyl (C=O) groups is 1. The summed E-state index contributed by atoms with van der Waals surface area (Å²) in [6.45, 7) is 6.61. The number of halogens is 2. The van der Waals surface area contributed by atoms with Gasteiger partial charge in [0.15, 0.2) is 0 Å². The second-order valence-electron chi connectivity index (χ2n) is 8.79. The van der Waals surface area contributed by atoms with Crippen molar-refractivity contribution in [2.45, 2.75) is 43.1 Å². The van der Waals surface area contributed by atoms with Crippen LogP contribution in [-0.4, -0.2) is 25.1 Å². The molecule has 0 aliphatic heterocycles. The van der Waals surface area contributed by atoms with Gasteiger partial charge in [0.05, 0.1) is 9.79 Å². The van der Waals surface area contributed by atoms with Crippen molar-refractivity contribution in [3.63, 3.8) is 0 Å². The van der Waals surface area contributed by atoms with Gasteiger partial charge in [0.25, 0.3) is 0 Å². The zero-order valence-electron chi connectivity index (χ0n) is 18.6. The molecular weight excluding hydrogens is 467 g/mol. The molecule has 3 aromatic rings. The maximum Gasteiger partial charge on any atom is 0.348 e. The highest BCUT2D eigenvalue weighted by Gasteiger charge is 2.47. The van der Waals surface area contributed by atoms with Gasteiger partial charge < -0.3 is 9.84 Å². The average molecular weight is 491 g/mol. The lowest BCUT2D eigenvalue weighted by Gasteiger charge is -2.38. The molecule has 0 spiro atoms. The highest BCUT2D eigenvalue weighted by Crippen LogP contribution is 2.42. The number of carboxylic acid groups (broad SMARTS) is 1. The molecule has 0 aliphatic carbocycles. The number of rotatable bonds is 6. The summed E-state index contributed by atoms with van der Waals surface area (Å²) in [7, 11) is -3.81. The van der Waals surface area contributed by atoms with Crippen LogP contribution in [0.4, 0.5) is 4.39 Å². The molecule has 0 saturated heterocycles. The van der Waals surface area contributed by atoms with Crippen molar-refractivity contribution in [2.75, 3.05) is 0 Å². The maximum atomic E-state index is 14.2. The van der Waals surface area contributed by atoms with E-state index in [-0.39, 0.29) is 26.1 Å². The third-order valence-corrected chi connectivity index (χ3v) is 7.77. The Hall–Kier alpha value is -2.90. The fourth-order valence-corrected chi connectivity index (χ4v) is 4.81. The Kier molecular flexibility index (Phi) is 6.60. The summed E-state index contributed by atoms with van der Waals surface area (Å²) >= 11 is 6.45. The van der Waals surface area contributed by atoms with Crippen molar-refractivity contribution >= 4 is 27.4 Å². The lowest BCUT2D eigenvalue weighted by molar-refractivity contribution is -0.163. The summed E-state index contributed by atoms with van der Waals surface area (Å²) in [4.78, 5) is 12.1. The highest BCUT2D eigenvalue weighted by molar-refractivity contribution is 7.91. The lowest BCUT2D eigenvalue weighted by atomic mass is 9.77. The first-order valence-electron chi connectivity index (χ1n) is 10.1. The molecule has 3 aromatic carbocycles. The van der Waals surface area contributed by atoms with E-state index in [0.717, 1.165) is 6.07 Å². The van der Waals surface area contributed by atoms with E-state index < -0.39 is 32.6 Å². The number of benzene rings is 3. The van der Waals surface area contributed by atoms with Crippen LogP contribution in [0.1, 0.15) is 27.7 Å². The number of ether oxygens (including phenoxy) is 1. The minimum absolute atomic E-state index is 0.0219. The fourth-order valence-electron chi connectivity index (χ4n) is 3.16. The fraction of sp³-hybridized carbons (Fsp3) is 0.240. The summed E-state index contributed by atoms with van der Waals surface area (Å²) in [6.07, 6.45) is 0. The molecule has 8 heteroatoms. The Morgan fingerprint density at radius 3 is 2.09 bits per heavy atom. The minimum atomic E-state index is -3.81. The number of aliphatic carboxylic acids is 1. The second-order valence-corrected chi connectivity index (χ2v) is 11.1. The Labute approximate surface area is 197 Å². The van der Waals surface area contributed by atoms with Crippen molar-refractivity contribution in [1.29, 1.82) is 0 Å². The smallest absolute Gasteiger partial charge is 0.348 e. The summed E-state index contributed by atoms with van der Waals surface area (Å²) in [5, 5.41) is 9.89. The predicted molar refractivity (Wildman–Crippen MR) is 125 cm³/mol. The number of hydrogen-bond acceptors (Lipinski definition) is 4. The standard InChI is InChI=1S/C25H24ClFO5S/c1-24(2,3)25(4,23(28)29)32-22-13-10-16(27)14-20(22)19-12-11-18(15-21(19)26)33(30,31)17-8-6-5-7-9-17/h5-15H,1-4H3,(H,28,29)/t25-/m1/s1. The summed E-state index contributed by atoms with van der Waals surface area (Å²) in [5.41, 5.74) is -1.93. The summed E-state index contributed by atoms with van der Waals surface area (Å²) in [6, 6.07) is 15.7. The van der Waals surface area contributed by atoms with Crippen LogP contribution < -0.4 is 4.74 Å². The maximum absolute atomic E-state index is 14.2. The molecule has 1 atom stereocenters. The molecule has 0 saturated carbocycles. The van der Waals surface area contributed by atoms with Gasteiger partial charge in [0.1, 0.15) is 11.6 Å². The molecule has 174 valence electrons. The molecule has 0 fully saturated rings. The zero-order valence-corrected chi connectivity index (χ0v) is 20.2. The Morgan fingerprint density at radius 1 is 0.909 bits per heavy atom. The Balaban J connectivity index is 2.11. The Bertz CT molecular complexity index is 1300. The van der Waals surface area contributed by atoms with Gasteiger partial charge in [-0.2, -0.15) is 0 Å². The molecule has 1 N–H and O–H groups in total. The van der Waals surface area contributed by atoms with Crippen molar-refractivity contribution in [3.8, 4) is 16.9 Å². The molecule has 0 unspecified atom stereocenters. The van der Waals surface area contributed by atoms with E-state index in [0.29, 0.717) is 5.56 Å². The first kappa shape index (κ1) is 24.7. The van der Waals surface area contributed by atoms with Crippen LogP contribution in [0.15, 0.2) is 76.5 Å². The molecule has 0 radical (unpaired) electrons. The normalized spacial score (nSPS) is 13.9. The van der Waals surface area contributed by atoms with E-state index in [1.807, 2.05) is 0 Å². The van der Waals surface area contributed by atoms with Crippen LogP contribution in [0.2, 0.25) is 5.02 Å². The van der Waals surface area contributed by atoms with Crippen molar-refractivity contribution < 1.29 is 27.4 Å². The van der Waals surface area contributed by atoms with Crippen LogP contribution in [0.3, 0.4) is 0 Å². The average Bonchev–Trinajstić information content (AvgIpc) is 2.74. The summed E-state index contributed by atoms with van der Waals surface area (Å²) in [5.74, 6) is -1.65. The largest absolute Gasteiger partial charge is 0.478 e. The van der Waals surface area contributed by atoms with Gasteiger partial charge in [-0.25, -0.2) is 17.6 Å². The first-order chi connectivity index (χ1) is 15.3. The van der Waals surface area contributed by atoms with E-state index in [4.69, 9.17) is 16.3 Å². The second kappa shape index (κ2) is 8.80. The van der Waals surface area contributed by atoms with Crippen LogP contribution >= 0.6 is 11.6 Å². The van der Waals surface area contributed by atoms with Crippen molar-refractivity contribution in [1.82, 2.24) is 0 Å². The third-order valence-electron chi connectivity index (χ3n) is 5.69. The molecule has 3 rings (SSSR count). The number of carboxylic acids is 1. The number of sulfone groups is 1. The third kappa shape index (κ3) is 4.75. The van der Waals surface area contributed by atoms with Gasteiger partial charge in [0.2, 0.25) is 15.4 Å². The van der Waals surface area contributed by atoms with E-state index in [1.165, 1.54) is 49.4 Å². The predicted octanol–water partition coefficient (Wildman–Crippen LogP) is 6.25. The van der Waals surface area contributed by atoms with E-state index in [1.54, 1.807) is 39.0 Å². The highest BCUT2D eigenvalue weighted by atomic mass is 35.5. The van der Waals surface area contributed by atoms with Gasteiger partial charge >= 0.3 is 5.97 Å². The molecular formula is C25H24ClFO5S. The van der Waals surface area contributed by atoms with E-state index in [2.05, 4.69) is 0 Å². The molecule has 33 heavy (non-hydrogen) atoms. The van der Waals surface area contributed by atoms with E-state index >= 15 is 0 Å². The zero-order chi connectivity index (χ0) is 24.6. The lowest BCUT2D eigenvalue weighted by Crippen LogP contribution is -2.52. The number of hydrogen-bond donors (Lipinski definition) is 1. The summed E-state index contributed by atoms with van der Waals surface area (Å²) < 4.78 is 46.0. The topological polar surface area (TPSA) is 80.7 Å². The van der Waals surface area contributed by atoms with Crippen LogP contribution in [0, 0.1) is 11.2 Å². The molecule has 0 heterocycles. The molecule has 0 aromatic heterocycles. The Morgan fingerprint density at radius 2 is 1.55 bits per heavy atom. The van der Waals surface area contributed by atoms with Crippen molar-refractivity contribution in [2.24, 2.45) is 5.41 Å². The first-order valence-corrected chi connectivity index (χ1v) is 12.0. The SMILES string of the molecule is CC(C)(C)[C@](C)(Oc1ccc(F)cc1-c1ccc(S(=O)(=O)c2ccccc2)cc1Cl)C(=O)O. The van der Waals surface area contributed by atoms with Gasteiger partial charge in [-0.05, 0) is 49.4 Å². The molecule has 0 bridgehead atoms. The monoisotopic (exact) mass is 490 g/mol. The molecule has 0 amide bonds. The van der Waals surface area contributed by atoms with Crippen LogP contribution in [-0.2, 0) is 14.6 Å². The van der Waals surface area contributed by atoms with Gasteiger partial charge in [-0.1, -0.05) is 56.6 Å². The quantitative estimate of drug-likeness (QED) is 0.442. The molecule has 0 aliphatic rings. The van der Waals surface area contributed by atoms with Crippen molar-refractivity contribution in [3.05, 3.63) is 77.6 Å². The molecule has 5 nitrogen and oxygen atoms in total. The van der Waals surface area contributed by atoms with Crippen LogP contribution in [0.25, 0.3) is 11.1 Å².